The molecule has 0 saturated heterocycles. The molecule has 2 aromatic rings. The standard InChI is InChI=1S/C19H21ClN4O5/c1-22(2)15-7-5-12(9-16(15)24(27)28)19(26)23(3)11-18(25)21-14-10-13(20)6-8-17(14)29-4/h5-10H,11H2,1-4H3,(H,21,25). The molecule has 0 aliphatic heterocycles. The van der Waals surface area contributed by atoms with Crippen LogP contribution in [0.4, 0.5) is 17.1 Å². The molecule has 0 unspecified atom stereocenters. The second-order valence-corrected chi connectivity index (χ2v) is 6.85. The molecule has 2 rings (SSSR count). The van der Waals surface area contributed by atoms with E-state index in [1.54, 1.807) is 31.1 Å². The number of hydrogen-bond donors (Lipinski definition) is 1. The number of nitrogens with zero attached hydrogens (tertiary/aromatic N) is 3. The van der Waals surface area contributed by atoms with E-state index >= 15 is 0 Å². The summed E-state index contributed by atoms with van der Waals surface area (Å²) in [6.45, 7) is -0.266. The molecule has 0 aromatic heterocycles. The van der Waals surface area contributed by atoms with Gasteiger partial charge in [-0.3, -0.25) is 19.7 Å². The first kappa shape index (κ1) is 22.0. The number of rotatable bonds is 7. The lowest BCUT2D eigenvalue weighted by molar-refractivity contribution is -0.384. The Morgan fingerprint density at radius 3 is 2.45 bits per heavy atom. The summed E-state index contributed by atoms with van der Waals surface area (Å²) in [5.74, 6) is -0.570. The van der Waals surface area contributed by atoms with Gasteiger partial charge in [-0.2, -0.15) is 0 Å². The average molecular weight is 421 g/mol. The third-order valence-electron chi connectivity index (χ3n) is 4.06. The summed E-state index contributed by atoms with van der Waals surface area (Å²) in [4.78, 5) is 38.5. The summed E-state index contributed by atoms with van der Waals surface area (Å²) in [6, 6.07) is 8.94. The zero-order valence-corrected chi connectivity index (χ0v) is 17.2. The number of nitrogens with one attached hydrogen (secondary N) is 1. The molecule has 0 aliphatic rings. The summed E-state index contributed by atoms with van der Waals surface area (Å²) in [6.07, 6.45) is 0. The molecule has 2 aromatic carbocycles. The Bertz CT molecular complexity index is 948. The normalized spacial score (nSPS) is 10.2. The number of carbonyl (C=O) groups is 2. The number of amides is 2. The number of benzene rings is 2. The van der Waals surface area contributed by atoms with Crippen molar-refractivity contribution in [2.24, 2.45) is 0 Å². The van der Waals surface area contributed by atoms with Crippen LogP contribution >= 0.6 is 11.6 Å². The van der Waals surface area contributed by atoms with E-state index < -0.39 is 16.7 Å². The van der Waals surface area contributed by atoms with Gasteiger partial charge in [-0.1, -0.05) is 11.6 Å². The fraction of sp³-hybridized carbons (Fsp3) is 0.263. The molecular weight excluding hydrogens is 400 g/mol. The van der Waals surface area contributed by atoms with Gasteiger partial charge in [0, 0.05) is 37.8 Å². The van der Waals surface area contributed by atoms with E-state index in [9.17, 15) is 19.7 Å². The number of hydrogen-bond acceptors (Lipinski definition) is 6. The highest BCUT2D eigenvalue weighted by Crippen LogP contribution is 2.29. The summed E-state index contributed by atoms with van der Waals surface area (Å²) in [5, 5.41) is 14.4. The van der Waals surface area contributed by atoms with Gasteiger partial charge in [-0.05, 0) is 30.3 Å². The summed E-state index contributed by atoms with van der Waals surface area (Å²) < 4.78 is 5.17. The minimum atomic E-state index is -0.551. The van der Waals surface area contributed by atoms with Crippen molar-refractivity contribution in [3.8, 4) is 5.75 Å². The fourth-order valence-corrected chi connectivity index (χ4v) is 2.83. The molecule has 0 bridgehead atoms. The molecule has 154 valence electrons. The van der Waals surface area contributed by atoms with E-state index in [0.717, 1.165) is 0 Å². The molecule has 0 fully saturated rings. The Balaban J connectivity index is 2.15. The van der Waals surface area contributed by atoms with Crippen molar-refractivity contribution >= 4 is 40.5 Å². The van der Waals surface area contributed by atoms with Crippen molar-refractivity contribution in [1.82, 2.24) is 4.90 Å². The lowest BCUT2D eigenvalue weighted by Crippen LogP contribution is -2.35. The van der Waals surface area contributed by atoms with Crippen LogP contribution in [0, 0.1) is 10.1 Å². The molecule has 1 N–H and O–H groups in total. The fourth-order valence-electron chi connectivity index (χ4n) is 2.66. The summed E-state index contributed by atoms with van der Waals surface area (Å²) >= 11 is 5.94. The average Bonchev–Trinajstić information content (AvgIpc) is 2.66. The number of likely N-dealkylation sites (N-methyl/N-ethyl adjacent to an activating group) is 1. The monoisotopic (exact) mass is 420 g/mol. The largest absolute Gasteiger partial charge is 0.495 e. The third kappa shape index (κ3) is 5.35. The van der Waals surface area contributed by atoms with Crippen LogP contribution in [0.1, 0.15) is 10.4 Å². The van der Waals surface area contributed by atoms with Gasteiger partial charge in [-0.15, -0.1) is 0 Å². The van der Waals surface area contributed by atoms with Crippen LogP contribution in [0.3, 0.4) is 0 Å². The molecule has 0 aliphatic carbocycles. The molecule has 2 amide bonds. The number of methoxy groups -OCH3 is 1. The van der Waals surface area contributed by atoms with Gasteiger partial charge < -0.3 is 19.9 Å². The Morgan fingerprint density at radius 1 is 1.17 bits per heavy atom. The van der Waals surface area contributed by atoms with Crippen LogP contribution in [-0.2, 0) is 4.79 Å². The Labute approximate surface area is 173 Å². The van der Waals surface area contributed by atoms with Gasteiger partial charge in [0.15, 0.2) is 0 Å². The van der Waals surface area contributed by atoms with Crippen molar-refractivity contribution in [2.45, 2.75) is 0 Å². The molecule has 0 heterocycles. The molecule has 10 heteroatoms. The van der Waals surface area contributed by atoms with Crippen LogP contribution in [-0.4, -0.2) is 56.4 Å². The van der Waals surface area contributed by atoms with Crippen molar-refractivity contribution in [1.29, 1.82) is 0 Å². The van der Waals surface area contributed by atoms with E-state index in [2.05, 4.69) is 5.32 Å². The lowest BCUT2D eigenvalue weighted by atomic mass is 10.1. The van der Waals surface area contributed by atoms with Crippen molar-refractivity contribution in [3.05, 3.63) is 57.1 Å². The first-order valence-corrected chi connectivity index (χ1v) is 8.86. The molecule has 9 nitrogen and oxygen atoms in total. The molecule has 29 heavy (non-hydrogen) atoms. The summed E-state index contributed by atoms with van der Waals surface area (Å²) in [7, 11) is 6.23. The van der Waals surface area contributed by atoms with Crippen LogP contribution < -0.4 is 15.0 Å². The van der Waals surface area contributed by atoms with Gasteiger partial charge in [0.1, 0.15) is 11.4 Å². The second-order valence-electron chi connectivity index (χ2n) is 6.41. The van der Waals surface area contributed by atoms with Crippen LogP contribution in [0.5, 0.6) is 5.75 Å². The Kier molecular flexibility index (Phi) is 7.00. The van der Waals surface area contributed by atoms with Gasteiger partial charge >= 0.3 is 0 Å². The van der Waals surface area contributed by atoms with Crippen LogP contribution in [0.15, 0.2) is 36.4 Å². The van der Waals surface area contributed by atoms with Crippen LogP contribution in [0.25, 0.3) is 0 Å². The Morgan fingerprint density at radius 2 is 1.86 bits per heavy atom. The highest BCUT2D eigenvalue weighted by atomic mass is 35.5. The number of anilines is 2. The van der Waals surface area contributed by atoms with E-state index in [-0.39, 0.29) is 17.8 Å². The predicted molar refractivity (Wildman–Crippen MR) is 111 cm³/mol. The van der Waals surface area contributed by atoms with E-state index in [0.29, 0.717) is 22.1 Å². The molecule has 0 radical (unpaired) electrons. The Hall–Kier alpha value is -3.33. The number of ether oxygens (including phenoxy) is 1. The minimum absolute atomic E-state index is 0.109. The third-order valence-corrected chi connectivity index (χ3v) is 4.30. The van der Waals surface area contributed by atoms with Crippen molar-refractivity contribution < 1.29 is 19.2 Å². The lowest BCUT2D eigenvalue weighted by Gasteiger charge is -2.18. The molecule has 0 saturated carbocycles. The van der Waals surface area contributed by atoms with Gasteiger partial charge in [0.2, 0.25) is 5.91 Å². The molecule has 0 atom stereocenters. The van der Waals surface area contributed by atoms with Crippen LogP contribution in [0.2, 0.25) is 5.02 Å². The first-order chi connectivity index (χ1) is 13.6. The highest BCUT2D eigenvalue weighted by Gasteiger charge is 2.22. The number of nitro benzene ring substituents is 1. The maximum Gasteiger partial charge on any atom is 0.293 e. The maximum atomic E-state index is 12.6. The number of carbonyl (C=O) groups excluding carboxylic acids is 2. The zero-order chi connectivity index (χ0) is 21.7. The predicted octanol–water partition coefficient (Wildman–Crippen LogP) is 3.03. The molecule has 0 spiro atoms. The van der Waals surface area contributed by atoms with Gasteiger partial charge in [0.25, 0.3) is 11.6 Å². The maximum absolute atomic E-state index is 12.6. The van der Waals surface area contributed by atoms with E-state index in [1.165, 1.54) is 43.3 Å². The van der Waals surface area contributed by atoms with Gasteiger partial charge in [-0.25, -0.2) is 0 Å². The second kappa shape index (κ2) is 9.24. The van der Waals surface area contributed by atoms with E-state index in [4.69, 9.17) is 16.3 Å². The smallest absolute Gasteiger partial charge is 0.293 e. The topological polar surface area (TPSA) is 105 Å². The molecular formula is C19H21ClN4O5. The first-order valence-electron chi connectivity index (χ1n) is 8.48. The van der Waals surface area contributed by atoms with Crippen molar-refractivity contribution in [3.63, 3.8) is 0 Å². The number of halogens is 1. The number of nitro groups is 1. The summed E-state index contributed by atoms with van der Waals surface area (Å²) in [5.41, 5.74) is 0.664. The highest BCUT2D eigenvalue weighted by molar-refractivity contribution is 6.31. The zero-order valence-electron chi connectivity index (χ0n) is 16.4. The SMILES string of the molecule is COc1ccc(Cl)cc1NC(=O)CN(C)C(=O)c1ccc(N(C)C)c([N+](=O)[O-])c1. The van der Waals surface area contributed by atoms with Crippen molar-refractivity contribution in [2.75, 3.05) is 45.0 Å². The van der Waals surface area contributed by atoms with E-state index in [1.807, 2.05) is 0 Å². The van der Waals surface area contributed by atoms with Gasteiger partial charge in [0.05, 0.1) is 24.3 Å². The minimum Gasteiger partial charge on any atom is -0.495 e. The quantitative estimate of drug-likeness (QED) is 0.545.